The fraction of sp³-hybridized carbons (Fsp3) is 0.143. The van der Waals surface area contributed by atoms with E-state index in [0.29, 0.717) is 18.3 Å². The number of thiazole rings is 1. The quantitative estimate of drug-likeness (QED) is 0.275. The van der Waals surface area contributed by atoms with Gasteiger partial charge in [-0.3, -0.25) is 10.1 Å². The first-order valence-electron chi connectivity index (χ1n) is 11.1. The zero-order chi connectivity index (χ0) is 23.8. The summed E-state index contributed by atoms with van der Waals surface area (Å²) in [5.41, 5.74) is 3.88. The fourth-order valence-corrected chi connectivity index (χ4v) is 4.17. The smallest absolute Gasteiger partial charge is 0.250 e. The molecule has 1 heterocycles. The van der Waals surface area contributed by atoms with E-state index in [2.05, 4.69) is 10.3 Å². The third-order valence-corrected chi connectivity index (χ3v) is 5.91. The van der Waals surface area contributed by atoms with Gasteiger partial charge in [0.15, 0.2) is 5.13 Å². The van der Waals surface area contributed by atoms with E-state index in [0.717, 1.165) is 38.8 Å². The van der Waals surface area contributed by atoms with E-state index in [-0.39, 0.29) is 5.91 Å². The van der Waals surface area contributed by atoms with Crippen molar-refractivity contribution in [3.8, 4) is 22.8 Å². The van der Waals surface area contributed by atoms with Crippen LogP contribution in [0.5, 0.6) is 11.5 Å². The maximum absolute atomic E-state index is 12.4. The summed E-state index contributed by atoms with van der Waals surface area (Å²) in [6, 6.07) is 25.5. The monoisotopic (exact) mass is 470 g/mol. The van der Waals surface area contributed by atoms with Crippen molar-refractivity contribution < 1.29 is 14.3 Å². The average Bonchev–Trinajstić information content (AvgIpc) is 3.23. The van der Waals surface area contributed by atoms with Crippen molar-refractivity contribution in [1.29, 1.82) is 0 Å². The Morgan fingerprint density at radius 3 is 2.32 bits per heavy atom. The van der Waals surface area contributed by atoms with Crippen LogP contribution in [-0.4, -0.2) is 17.5 Å². The van der Waals surface area contributed by atoms with Crippen LogP contribution in [0.4, 0.5) is 5.13 Å². The lowest BCUT2D eigenvalue weighted by Gasteiger charge is -2.06. The third-order valence-electron chi connectivity index (χ3n) is 5.02. The first kappa shape index (κ1) is 23.3. The summed E-state index contributed by atoms with van der Waals surface area (Å²) in [4.78, 5) is 18.1. The number of amides is 1. The van der Waals surface area contributed by atoms with E-state index in [1.165, 1.54) is 17.4 Å². The largest absolute Gasteiger partial charge is 0.494 e. The number of hydrogen-bond acceptors (Lipinski definition) is 5. The van der Waals surface area contributed by atoms with Crippen molar-refractivity contribution in [2.24, 2.45) is 0 Å². The van der Waals surface area contributed by atoms with Crippen LogP contribution in [0.3, 0.4) is 0 Å². The second-order valence-electron chi connectivity index (χ2n) is 7.55. The highest BCUT2D eigenvalue weighted by molar-refractivity contribution is 7.16. The first-order valence-corrected chi connectivity index (χ1v) is 11.9. The Morgan fingerprint density at radius 1 is 0.941 bits per heavy atom. The number of benzene rings is 3. The van der Waals surface area contributed by atoms with Gasteiger partial charge in [0.2, 0.25) is 5.91 Å². The lowest BCUT2D eigenvalue weighted by Crippen LogP contribution is -2.07. The maximum Gasteiger partial charge on any atom is 0.250 e. The van der Waals surface area contributed by atoms with E-state index >= 15 is 0 Å². The van der Waals surface area contributed by atoms with E-state index < -0.39 is 0 Å². The molecular weight excluding hydrogens is 444 g/mol. The van der Waals surface area contributed by atoms with Gasteiger partial charge in [-0.15, -0.1) is 11.3 Å². The van der Waals surface area contributed by atoms with Gasteiger partial charge in [0.25, 0.3) is 0 Å². The molecule has 0 unspecified atom stereocenters. The molecule has 1 amide bonds. The van der Waals surface area contributed by atoms with Gasteiger partial charge in [-0.1, -0.05) is 42.5 Å². The molecule has 5 nitrogen and oxygen atoms in total. The molecule has 0 spiro atoms. The van der Waals surface area contributed by atoms with Crippen LogP contribution in [0.25, 0.3) is 17.3 Å². The minimum absolute atomic E-state index is 0.226. The van der Waals surface area contributed by atoms with Crippen molar-refractivity contribution in [2.75, 3.05) is 11.9 Å². The molecule has 0 atom stereocenters. The third kappa shape index (κ3) is 6.33. The molecule has 1 aromatic heterocycles. The van der Waals surface area contributed by atoms with Crippen LogP contribution >= 0.6 is 11.3 Å². The predicted octanol–water partition coefficient (Wildman–Crippen LogP) is 6.75. The molecule has 34 heavy (non-hydrogen) atoms. The van der Waals surface area contributed by atoms with E-state index in [9.17, 15) is 4.79 Å². The summed E-state index contributed by atoms with van der Waals surface area (Å²) in [7, 11) is 0. The average molecular weight is 471 g/mol. The van der Waals surface area contributed by atoms with Gasteiger partial charge in [-0.05, 0) is 67.4 Å². The summed E-state index contributed by atoms with van der Waals surface area (Å²) >= 11 is 1.45. The molecule has 0 radical (unpaired) electrons. The van der Waals surface area contributed by atoms with Gasteiger partial charge < -0.3 is 9.47 Å². The minimum Gasteiger partial charge on any atom is -0.494 e. The molecule has 0 aliphatic rings. The zero-order valence-electron chi connectivity index (χ0n) is 19.2. The molecule has 0 saturated carbocycles. The second kappa shape index (κ2) is 11.3. The summed E-state index contributed by atoms with van der Waals surface area (Å²) < 4.78 is 11.3. The molecule has 0 saturated heterocycles. The molecule has 0 aliphatic heterocycles. The van der Waals surface area contributed by atoms with Gasteiger partial charge in [-0.25, -0.2) is 4.98 Å². The van der Waals surface area contributed by atoms with Gasteiger partial charge in [0.05, 0.1) is 12.3 Å². The van der Waals surface area contributed by atoms with Crippen molar-refractivity contribution in [1.82, 2.24) is 4.98 Å². The van der Waals surface area contributed by atoms with Crippen molar-refractivity contribution in [3.63, 3.8) is 0 Å². The van der Waals surface area contributed by atoms with E-state index in [1.807, 2.05) is 92.7 Å². The number of nitrogens with zero attached hydrogens (tertiary/aromatic N) is 1. The molecule has 4 aromatic rings. The summed E-state index contributed by atoms with van der Waals surface area (Å²) in [6.07, 6.45) is 3.28. The molecule has 1 N–H and O–H groups in total. The summed E-state index contributed by atoms with van der Waals surface area (Å²) in [6.45, 7) is 5.10. The first-order chi connectivity index (χ1) is 16.6. The maximum atomic E-state index is 12.4. The highest BCUT2D eigenvalue weighted by atomic mass is 32.1. The molecule has 4 rings (SSSR count). The van der Waals surface area contributed by atoms with Crippen LogP contribution in [0.15, 0.2) is 84.9 Å². The standard InChI is InChI=1S/C28H26N2O3S/c1-3-32-24-16-12-23(13-17-24)27-20(2)34-28(30-27)29-26(31)18-11-21-9-14-25(15-10-21)33-19-22-7-5-4-6-8-22/h4-18H,3,19H2,1-2H3,(H,29,30,31)/b18-11+. The van der Waals surface area contributed by atoms with Gasteiger partial charge in [0, 0.05) is 16.5 Å². The van der Waals surface area contributed by atoms with Gasteiger partial charge >= 0.3 is 0 Å². The van der Waals surface area contributed by atoms with Crippen molar-refractivity contribution in [3.05, 3.63) is 101 Å². The Balaban J connectivity index is 1.32. The topological polar surface area (TPSA) is 60.5 Å². The Kier molecular flexibility index (Phi) is 7.73. The highest BCUT2D eigenvalue weighted by Crippen LogP contribution is 2.31. The highest BCUT2D eigenvalue weighted by Gasteiger charge is 2.11. The Bertz CT molecular complexity index is 1250. The van der Waals surface area contributed by atoms with Crippen LogP contribution in [0.1, 0.15) is 22.9 Å². The molecule has 6 heteroatoms. The van der Waals surface area contributed by atoms with Crippen molar-refractivity contribution >= 4 is 28.5 Å². The lowest BCUT2D eigenvalue weighted by molar-refractivity contribution is -0.111. The number of aryl methyl sites for hydroxylation is 1. The van der Waals surface area contributed by atoms with Crippen LogP contribution in [-0.2, 0) is 11.4 Å². The summed E-state index contributed by atoms with van der Waals surface area (Å²) in [5.74, 6) is 1.38. The van der Waals surface area contributed by atoms with Crippen LogP contribution in [0.2, 0.25) is 0 Å². The molecule has 3 aromatic carbocycles. The van der Waals surface area contributed by atoms with Crippen LogP contribution in [0, 0.1) is 6.92 Å². The minimum atomic E-state index is -0.226. The molecule has 0 fully saturated rings. The number of rotatable bonds is 9. The molecule has 0 bridgehead atoms. The zero-order valence-corrected chi connectivity index (χ0v) is 20.0. The molecule has 172 valence electrons. The van der Waals surface area contributed by atoms with E-state index in [4.69, 9.17) is 9.47 Å². The summed E-state index contributed by atoms with van der Waals surface area (Å²) in [5, 5.41) is 3.43. The SMILES string of the molecule is CCOc1ccc(-c2nc(NC(=O)/C=C/c3ccc(OCc4ccccc4)cc3)sc2C)cc1. The van der Waals surface area contributed by atoms with E-state index in [1.54, 1.807) is 6.08 Å². The fourth-order valence-electron chi connectivity index (χ4n) is 3.33. The Morgan fingerprint density at radius 2 is 1.62 bits per heavy atom. The molecular formula is C28H26N2O3S. The van der Waals surface area contributed by atoms with Crippen LogP contribution < -0.4 is 14.8 Å². The molecule has 0 aliphatic carbocycles. The second-order valence-corrected chi connectivity index (χ2v) is 8.75. The number of hydrogen-bond donors (Lipinski definition) is 1. The lowest BCUT2D eigenvalue weighted by atomic mass is 10.1. The van der Waals surface area contributed by atoms with Gasteiger partial charge in [-0.2, -0.15) is 0 Å². The Labute approximate surface area is 203 Å². The normalized spacial score (nSPS) is 10.9. The number of carbonyl (C=O) groups is 1. The number of nitrogens with one attached hydrogen (secondary N) is 1. The van der Waals surface area contributed by atoms with Crippen molar-refractivity contribution in [2.45, 2.75) is 20.5 Å². The number of anilines is 1. The number of carbonyl (C=O) groups excluding carboxylic acids is 1. The predicted molar refractivity (Wildman–Crippen MR) is 138 cm³/mol. The number of aromatic nitrogens is 1. The van der Waals surface area contributed by atoms with Gasteiger partial charge in [0.1, 0.15) is 18.1 Å². The Hall–Kier alpha value is -3.90. The number of ether oxygens (including phenoxy) is 2.